The molecule has 1 saturated carbocycles. The Morgan fingerprint density at radius 2 is 1.91 bits per heavy atom. The topological polar surface area (TPSA) is 64.9 Å². The van der Waals surface area contributed by atoms with Crippen LogP contribution < -0.4 is 10.2 Å². The van der Waals surface area contributed by atoms with E-state index in [9.17, 15) is 9.90 Å². The summed E-state index contributed by atoms with van der Waals surface area (Å²) in [5, 5.41) is 13.1. The van der Waals surface area contributed by atoms with Crippen molar-refractivity contribution in [2.75, 3.05) is 24.3 Å². The SMILES string of the molecule is CN=C(Cc1ccccc1)N(c1ccc(NC)c(CCC(C)O)c1)C1CCC(C=O)CC1. The van der Waals surface area contributed by atoms with Crippen molar-refractivity contribution in [3.05, 3.63) is 59.7 Å². The Labute approximate surface area is 192 Å². The molecule has 0 aromatic heterocycles. The van der Waals surface area contributed by atoms with E-state index in [2.05, 4.69) is 52.7 Å². The van der Waals surface area contributed by atoms with Gasteiger partial charge in [0.05, 0.1) is 6.10 Å². The largest absolute Gasteiger partial charge is 0.393 e. The van der Waals surface area contributed by atoms with Crippen molar-refractivity contribution in [3.63, 3.8) is 0 Å². The van der Waals surface area contributed by atoms with E-state index in [0.717, 1.165) is 68.4 Å². The number of anilines is 2. The Morgan fingerprint density at radius 3 is 2.50 bits per heavy atom. The average molecular weight is 436 g/mol. The van der Waals surface area contributed by atoms with Crippen LogP contribution in [0.5, 0.6) is 0 Å². The maximum absolute atomic E-state index is 11.3. The highest BCUT2D eigenvalue weighted by Crippen LogP contribution is 2.33. The first-order chi connectivity index (χ1) is 15.5. The number of aliphatic imine (C=N–C) groups is 1. The molecule has 1 unspecified atom stereocenters. The average Bonchev–Trinajstić information content (AvgIpc) is 2.83. The van der Waals surface area contributed by atoms with Gasteiger partial charge in [-0.3, -0.25) is 4.99 Å². The predicted molar refractivity (Wildman–Crippen MR) is 134 cm³/mol. The van der Waals surface area contributed by atoms with Gasteiger partial charge in [0.2, 0.25) is 0 Å². The minimum atomic E-state index is -0.330. The standard InChI is InChI=1S/C27H37N3O2/c1-20(32)9-12-23-18-25(15-16-26(23)28-2)30(24-13-10-22(19-31)11-14-24)27(29-3)17-21-7-5-4-6-8-21/h4-8,15-16,18-20,22,24,28,32H,9-14,17H2,1-3H3. The highest BCUT2D eigenvalue weighted by atomic mass is 16.3. The number of carbonyl (C=O) groups excluding carboxylic acids is 1. The van der Waals surface area contributed by atoms with Crippen molar-refractivity contribution < 1.29 is 9.90 Å². The van der Waals surface area contributed by atoms with Crippen molar-refractivity contribution in [1.29, 1.82) is 0 Å². The van der Waals surface area contributed by atoms with Gasteiger partial charge in [-0.2, -0.15) is 0 Å². The first-order valence-electron chi connectivity index (χ1n) is 11.8. The lowest BCUT2D eigenvalue weighted by Crippen LogP contribution is -2.43. The minimum Gasteiger partial charge on any atom is -0.393 e. The number of aliphatic hydroxyl groups excluding tert-OH is 1. The van der Waals surface area contributed by atoms with E-state index < -0.39 is 0 Å². The second-order valence-corrected chi connectivity index (χ2v) is 8.86. The van der Waals surface area contributed by atoms with E-state index in [4.69, 9.17) is 4.99 Å². The van der Waals surface area contributed by atoms with Crippen LogP contribution in [-0.4, -0.2) is 43.5 Å². The molecule has 172 valence electrons. The van der Waals surface area contributed by atoms with Crippen LogP contribution in [0.15, 0.2) is 53.5 Å². The molecule has 1 aliphatic carbocycles. The van der Waals surface area contributed by atoms with E-state index in [-0.39, 0.29) is 12.0 Å². The third kappa shape index (κ3) is 6.19. The Morgan fingerprint density at radius 1 is 1.19 bits per heavy atom. The second kappa shape index (κ2) is 11.8. The summed E-state index contributed by atoms with van der Waals surface area (Å²) in [6.07, 6.45) is 6.90. The molecule has 5 heteroatoms. The van der Waals surface area contributed by atoms with Crippen LogP contribution in [-0.2, 0) is 17.6 Å². The summed E-state index contributed by atoms with van der Waals surface area (Å²) in [5.41, 5.74) is 4.67. The normalized spacial score (nSPS) is 19.9. The van der Waals surface area contributed by atoms with Gasteiger partial charge >= 0.3 is 0 Å². The fourth-order valence-electron chi connectivity index (χ4n) is 4.66. The monoisotopic (exact) mass is 435 g/mol. The number of hydrogen-bond donors (Lipinski definition) is 2. The smallest absolute Gasteiger partial charge is 0.123 e. The van der Waals surface area contributed by atoms with Crippen molar-refractivity contribution in [3.8, 4) is 0 Å². The molecule has 0 bridgehead atoms. The van der Waals surface area contributed by atoms with Crippen LogP contribution in [0.2, 0.25) is 0 Å². The molecule has 1 atom stereocenters. The summed E-state index contributed by atoms with van der Waals surface area (Å²) in [7, 11) is 3.81. The number of rotatable bonds is 9. The summed E-state index contributed by atoms with van der Waals surface area (Å²) < 4.78 is 0. The summed E-state index contributed by atoms with van der Waals surface area (Å²) in [6.45, 7) is 1.84. The summed E-state index contributed by atoms with van der Waals surface area (Å²) in [4.78, 5) is 18.5. The van der Waals surface area contributed by atoms with Crippen LogP contribution in [0.4, 0.5) is 11.4 Å². The molecule has 5 nitrogen and oxygen atoms in total. The molecule has 1 aliphatic rings. The highest BCUT2D eigenvalue weighted by Gasteiger charge is 2.29. The number of nitrogens with zero attached hydrogens (tertiary/aromatic N) is 2. The molecular formula is C27H37N3O2. The van der Waals surface area contributed by atoms with Gasteiger partial charge in [-0.1, -0.05) is 30.3 Å². The maximum atomic E-state index is 11.3. The lowest BCUT2D eigenvalue weighted by Gasteiger charge is -2.38. The molecule has 0 spiro atoms. The van der Waals surface area contributed by atoms with E-state index in [1.165, 1.54) is 11.1 Å². The summed E-state index contributed by atoms with van der Waals surface area (Å²) in [5.74, 6) is 1.22. The van der Waals surface area contributed by atoms with Crippen molar-refractivity contribution in [2.24, 2.45) is 10.9 Å². The second-order valence-electron chi connectivity index (χ2n) is 8.86. The van der Waals surface area contributed by atoms with Crippen LogP contribution in [0.25, 0.3) is 0 Å². The fraction of sp³-hybridized carbons (Fsp3) is 0.481. The van der Waals surface area contributed by atoms with Crippen LogP contribution in [0.3, 0.4) is 0 Å². The number of benzene rings is 2. The Balaban J connectivity index is 1.96. The van der Waals surface area contributed by atoms with Crippen LogP contribution in [0, 0.1) is 5.92 Å². The number of aliphatic hydroxyl groups is 1. The molecule has 2 N–H and O–H groups in total. The van der Waals surface area contributed by atoms with E-state index in [0.29, 0.717) is 6.04 Å². The Hall–Kier alpha value is -2.66. The number of amidine groups is 1. The van der Waals surface area contributed by atoms with Crippen LogP contribution in [0.1, 0.15) is 50.2 Å². The number of aldehydes is 1. The number of hydrogen-bond acceptors (Lipinski definition) is 4. The molecule has 0 amide bonds. The summed E-state index contributed by atoms with van der Waals surface area (Å²) >= 11 is 0. The first kappa shape index (κ1) is 24.0. The third-order valence-corrected chi connectivity index (χ3v) is 6.51. The zero-order chi connectivity index (χ0) is 22.9. The maximum Gasteiger partial charge on any atom is 0.123 e. The van der Waals surface area contributed by atoms with Crippen molar-refractivity contribution in [2.45, 2.75) is 64.0 Å². The van der Waals surface area contributed by atoms with Gasteiger partial charge in [0.15, 0.2) is 0 Å². The van der Waals surface area contributed by atoms with Gasteiger partial charge < -0.3 is 20.1 Å². The third-order valence-electron chi connectivity index (χ3n) is 6.51. The molecule has 3 rings (SSSR count). The van der Waals surface area contributed by atoms with Gasteiger partial charge in [0.1, 0.15) is 12.1 Å². The zero-order valence-corrected chi connectivity index (χ0v) is 19.6. The van der Waals surface area contributed by atoms with Gasteiger partial charge in [-0.25, -0.2) is 0 Å². The molecule has 0 aliphatic heterocycles. The van der Waals surface area contributed by atoms with Crippen LogP contribution >= 0.6 is 0 Å². The predicted octanol–water partition coefficient (Wildman–Crippen LogP) is 4.88. The molecular weight excluding hydrogens is 398 g/mol. The highest BCUT2D eigenvalue weighted by molar-refractivity contribution is 6.00. The quantitative estimate of drug-likeness (QED) is 0.335. The lowest BCUT2D eigenvalue weighted by molar-refractivity contribution is -0.111. The van der Waals surface area contributed by atoms with E-state index >= 15 is 0 Å². The van der Waals surface area contributed by atoms with E-state index in [1.807, 2.05) is 27.1 Å². The molecule has 0 saturated heterocycles. The van der Waals surface area contributed by atoms with Gasteiger partial charge in [0, 0.05) is 43.9 Å². The number of carbonyl (C=O) groups is 1. The van der Waals surface area contributed by atoms with Crippen molar-refractivity contribution >= 4 is 23.5 Å². The number of nitrogens with one attached hydrogen (secondary N) is 1. The molecule has 0 radical (unpaired) electrons. The first-order valence-corrected chi connectivity index (χ1v) is 11.8. The lowest BCUT2D eigenvalue weighted by atomic mass is 9.85. The molecule has 1 fully saturated rings. The molecule has 2 aromatic carbocycles. The van der Waals surface area contributed by atoms with E-state index in [1.54, 1.807) is 0 Å². The molecule has 0 heterocycles. The molecule has 2 aromatic rings. The minimum absolute atomic E-state index is 0.178. The van der Waals surface area contributed by atoms with Crippen molar-refractivity contribution in [1.82, 2.24) is 0 Å². The summed E-state index contributed by atoms with van der Waals surface area (Å²) in [6, 6.07) is 17.3. The Kier molecular flexibility index (Phi) is 8.86. The van der Waals surface area contributed by atoms with Gasteiger partial charge in [0.25, 0.3) is 0 Å². The van der Waals surface area contributed by atoms with Gasteiger partial charge in [-0.15, -0.1) is 0 Å². The molecule has 32 heavy (non-hydrogen) atoms. The van der Waals surface area contributed by atoms with Gasteiger partial charge in [-0.05, 0) is 74.8 Å². The zero-order valence-electron chi connectivity index (χ0n) is 19.6. The Bertz CT molecular complexity index is 887. The number of aryl methyl sites for hydroxylation is 1. The fourth-order valence-corrected chi connectivity index (χ4v) is 4.66.